The standard InChI is InChI=1S/C20H30N2O3/c1-13-10-11-14(2)17(15(13)3)21-18(23)16-9-7-8-12-22(16)19(24)25-20(4,5)6/h10-11,16H,7-9,12H2,1-6H3,(H,21,23)/t16-/m0/s1. The molecule has 1 aromatic carbocycles. The van der Waals surface area contributed by atoms with E-state index in [0.717, 1.165) is 35.2 Å². The summed E-state index contributed by atoms with van der Waals surface area (Å²) in [5, 5.41) is 3.05. The summed E-state index contributed by atoms with van der Waals surface area (Å²) in [6.45, 7) is 12.1. The molecule has 0 unspecified atom stereocenters. The number of nitrogens with zero attached hydrogens (tertiary/aromatic N) is 1. The van der Waals surface area contributed by atoms with E-state index in [1.54, 1.807) is 4.90 Å². The minimum Gasteiger partial charge on any atom is -0.444 e. The first-order chi connectivity index (χ1) is 11.6. The number of piperidine rings is 1. The molecule has 0 aliphatic carbocycles. The van der Waals surface area contributed by atoms with Gasteiger partial charge in [0.15, 0.2) is 0 Å². The number of hydrogen-bond donors (Lipinski definition) is 1. The molecule has 1 aliphatic heterocycles. The molecule has 1 saturated heterocycles. The van der Waals surface area contributed by atoms with Gasteiger partial charge in [-0.2, -0.15) is 0 Å². The molecule has 2 amide bonds. The molecule has 1 N–H and O–H groups in total. The second-order valence-electron chi connectivity index (χ2n) is 7.87. The van der Waals surface area contributed by atoms with Crippen molar-refractivity contribution in [2.24, 2.45) is 0 Å². The molecule has 0 spiro atoms. The van der Waals surface area contributed by atoms with Crippen molar-refractivity contribution in [1.29, 1.82) is 0 Å². The lowest BCUT2D eigenvalue weighted by Crippen LogP contribution is -2.51. The molecular weight excluding hydrogens is 316 g/mol. The van der Waals surface area contributed by atoms with E-state index >= 15 is 0 Å². The largest absolute Gasteiger partial charge is 0.444 e. The van der Waals surface area contributed by atoms with Crippen LogP contribution in [0.3, 0.4) is 0 Å². The summed E-state index contributed by atoms with van der Waals surface area (Å²) in [5.74, 6) is -0.137. The Balaban J connectivity index is 2.19. The third kappa shape index (κ3) is 4.74. The summed E-state index contributed by atoms with van der Waals surface area (Å²) in [5.41, 5.74) is 3.50. The van der Waals surface area contributed by atoms with Crippen molar-refractivity contribution in [3.63, 3.8) is 0 Å². The fraction of sp³-hybridized carbons (Fsp3) is 0.600. The van der Waals surface area contributed by atoms with Crippen LogP contribution < -0.4 is 5.32 Å². The number of carbonyl (C=O) groups is 2. The van der Waals surface area contributed by atoms with E-state index < -0.39 is 17.7 Å². The van der Waals surface area contributed by atoms with Gasteiger partial charge < -0.3 is 10.1 Å². The molecule has 0 aromatic heterocycles. The van der Waals surface area contributed by atoms with Crippen LogP contribution in [0, 0.1) is 20.8 Å². The maximum absolute atomic E-state index is 12.9. The van der Waals surface area contributed by atoms with Crippen molar-refractivity contribution in [2.45, 2.75) is 72.4 Å². The number of nitrogens with one attached hydrogen (secondary N) is 1. The molecule has 0 saturated carbocycles. The molecule has 1 fully saturated rings. The Bertz CT molecular complexity index is 662. The van der Waals surface area contributed by atoms with Gasteiger partial charge in [-0.15, -0.1) is 0 Å². The highest BCUT2D eigenvalue weighted by Crippen LogP contribution is 2.26. The first-order valence-electron chi connectivity index (χ1n) is 8.97. The molecule has 2 rings (SSSR count). The molecule has 138 valence electrons. The summed E-state index contributed by atoms with van der Waals surface area (Å²) in [7, 11) is 0. The second kappa shape index (κ2) is 7.46. The van der Waals surface area contributed by atoms with Gasteiger partial charge in [-0.1, -0.05) is 12.1 Å². The molecule has 0 radical (unpaired) electrons. The highest BCUT2D eigenvalue weighted by Gasteiger charge is 2.35. The number of ether oxygens (including phenoxy) is 1. The van der Waals surface area contributed by atoms with Crippen LogP contribution in [0.15, 0.2) is 12.1 Å². The van der Waals surface area contributed by atoms with Gasteiger partial charge in [0.2, 0.25) is 5.91 Å². The van der Waals surface area contributed by atoms with Gasteiger partial charge in [-0.25, -0.2) is 4.79 Å². The number of benzene rings is 1. The van der Waals surface area contributed by atoms with Crippen LogP contribution in [-0.4, -0.2) is 35.1 Å². The van der Waals surface area contributed by atoms with Gasteiger partial charge >= 0.3 is 6.09 Å². The normalized spacial score (nSPS) is 18.0. The van der Waals surface area contributed by atoms with Crippen LogP contribution in [0.1, 0.15) is 56.7 Å². The Labute approximate surface area is 150 Å². The number of aryl methyl sites for hydroxylation is 2. The maximum Gasteiger partial charge on any atom is 0.410 e. The zero-order chi connectivity index (χ0) is 18.8. The van der Waals surface area contributed by atoms with Crippen LogP contribution in [0.4, 0.5) is 10.5 Å². The third-order valence-electron chi connectivity index (χ3n) is 4.63. The maximum atomic E-state index is 12.9. The Hall–Kier alpha value is -2.04. The molecule has 5 nitrogen and oxygen atoms in total. The van der Waals surface area contributed by atoms with Crippen LogP contribution in [0.25, 0.3) is 0 Å². The first-order valence-corrected chi connectivity index (χ1v) is 8.97. The Morgan fingerprint density at radius 1 is 1.12 bits per heavy atom. The molecule has 1 aliphatic rings. The number of amides is 2. The van der Waals surface area contributed by atoms with Crippen LogP contribution >= 0.6 is 0 Å². The number of carbonyl (C=O) groups excluding carboxylic acids is 2. The molecular formula is C20H30N2O3. The number of hydrogen-bond acceptors (Lipinski definition) is 3. The minimum absolute atomic E-state index is 0.137. The summed E-state index contributed by atoms with van der Waals surface area (Å²) in [6, 6.07) is 3.57. The van der Waals surface area contributed by atoms with Gasteiger partial charge in [0.1, 0.15) is 11.6 Å². The zero-order valence-electron chi connectivity index (χ0n) is 16.2. The molecule has 1 heterocycles. The lowest BCUT2D eigenvalue weighted by Gasteiger charge is -2.36. The Kier molecular flexibility index (Phi) is 5.76. The SMILES string of the molecule is Cc1ccc(C)c(NC(=O)[C@@H]2CCCCN2C(=O)OC(C)(C)C)c1C. The van der Waals surface area contributed by atoms with Crippen LogP contribution in [0.5, 0.6) is 0 Å². The second-order valence-corrected chi connectivity index (χ2v) is 7.87. The topological polar surface area (TPSA) is 58.6 Å². The van der Waals surface area contributed by atoms with Crippen LogP contribution in [0.2, 0.25) is 0 Å². The predicted molar refractivity (Wildman–Crippen MR) is 99.9 cm³/mol. The average molecular weight is 346 g/mol. The first kappa shape index (κ1) is 19.3. The quantitative estimate of drug-likeness (QED) is 0.866. The van der Waals surface area contributed by atoms with Gasteiger partial charge in [-0.05, 0) is 77.5 Å². The molecule has 1 aromatic rings. The van der Waals surface area contributed by atoms with Crippen molar-refractivity contribution in [3.8, 4) is 0 Å². The smallest absolute Gasteiger partial charge is 0.410 e. The zero-order valence-corrected chi connectivity index (χ0v) is 16.2. The van der Waals surface area contributed by atoms with E-state index in [-0.39, 0.29) is 5.91 Å². The molecule has 0 bridgehead atoms. The Morgan fingerprint density at radius 2 is 1.76 bits per heavy atom. The fourth-order valence-electron chi connectivity index (χ4n) is 3.09. The van der Waals surface area contributed by atoms with Gasteiger partial charge in [0, 0.05) is 12.2 Å². The van der Waals surface area contributed by atoms with Gasteiger partial charge in [0.05, 0.1) is 0 Å². The van der Waals surface area contributed by atoms with E-state index in [2.05, 4.69) is 5.32 Å². The van der Waals surface area contributed by atoms with E-state index in [1.807, 2.05) is 53.7 Å². The lowest BCUT2D eigenvalue weighted by molar-refractivity contribution is -0.122. The molecule has 1 atom stereocenters. The lowest BCUT2D eigenvalue weighted by atomic mass is 10.00. The monoisotopic (exact) mass is 346 g/mol. The predicted octanol–water partition coefficient (Wildman–Crippen LogP) is 4.34. The van der Waals surface area contributed by atoms with E-state index in [9.17, 15) is 9.59 Å². The highest BCUT2D eigenvalue weighted by molar-refractivity contribution is 5.98. The van der Waals surface area contributed by atoms with Crippen LogP contribution in [-0.2, 0) is 9.53 Å². The van der Waals surface area contributed by atoms with Crippen molar-refractivity contribution in [2.75, 3.05) is 11.9 Å². The number of likely N-dealkylation sites (tertiary alicyclic amines) is 1. The van der Waals surface area contributed by atoms with Crippen molar-refractivity contribution in [3.05, 3.63) is 28.8 Å². The van der Waals surface area contributed by atoms with E-state index in [4.69, 9.17) is 4.74 Å². The number of anilines is 1. The van der Waals surface area contributed by atoms with Gasteiger partial charge in [0.25, 0.3) is 0 Å². The Morgan fingerprint density at radius 3 is 2.40 bits per heavy atom. The third-order valence-corrected chi connectivity index (χ3v) is 4.63. The number of rotatable bonds is 2. The highest BCUT2D eigenvalue weighted by atomic mass is 16.6. The summed E-state index contributed by atoms with van der Waals surface area (Å²) in [4.78, 5) is 27.0. The van der Waals surface area contributed by atoms with Crippen molar-refractivity contribution in [1.82, 2.24) is 4.90 Å². The van der Waals surface area contributed by atoms with Crippen molar-refractivity contribution >= 4 is 17.7 Å². The average Bonchev–Trinajstić information content (AvgIpc) is 2.53. The molecule has 25 heavy (non-hydrogen) atoms. The van der Waals surface area contributed by atoms with E-state index in [0.29, 0.717) is 13.0 Å². The molecule has 5 heteroatoms. The summed E-state index contributed by atoms with van der Waals surface area (Å²) in [6.07, 6.45) is 2.08. The van der Waals surface area contributed by atoms with Gasteiger partial charge in [-0.3, -0.25) is 9.69 Å². The van der Waals surface area contributed by atoms with Crippen molar-refractivity contribution < 1.29 is 14.3 Å². The fourth-order valence-corrected chi connectivity index (χ4v) is 3.09. The van der Waals surface area contributed by atoms with E-state index in [1.165, 1.54) is 0 Å². The summed E-state index contributed by atoms with van der Waals surface area (Å²) >= 11 is 0. The minimum atomic E-state index is -0.570. The summed E-state index contributed by atoms with van der Waals surface area (Å²) < 4.78 is 5.48.